The molecule has 0 aliphatic rings. The number of nitrogens with one attached hydrogen (secondary N) is 1. The van der Waals surface area contributed by atoms with Crippen LogP contribution in [0.25, 0.3) is 0 Å². The van der Waals surface area contributed by atoms with Gasteiger partial charge in [-0.25, -0.2) is 9.78 Å². The number of carbonyl (C=O) groups excluding carboxylic acids is 1. The number of carboxylic acids is 1. The summed E-state index contributed by atoms with van der Waals surface area (Å²) < 4.78 is 5.32. The third-order valence-corrected chi connectivity index (χ3v) is 2.45. The van der Waals surface area contributed by atoms with Crippen LogP contribution in [0.3, 0.4) is 0 Å². The van der Waals surface area contributed by atoms with E-state index in [1.54, 1.807) is 6.92 Å². The van der Waals surface area contributed by atoms with Gasteiger partial charge in [0, 0.05) is 5.41 Å². The van der Waals surface area contributed by atoms with Crippen molar-refractivity contribution < 1.29 is 19.1 Å². The largest absolute Gasteiger partial charge is 0.480 e. The molecule has 0 spiro atoms. The van der Waals surface area contributed by atoms with E-state index in [1.807, 2.05) is 20.8 Å². The number of carboxylic acid groups (broad SMARTS) is 1. The molecule has 6 heteroatoms. The molecule has 18 heavy (non-hydrogen) atoms. The fraction of sp³-hybridized carbons (Fsp3) is 0.583. The van der Waals surface area contributed by atoms with Gasteiger partial charge in [0.05, 0.1) is 6.20 Å². The van der Waals surface area contributed by atoms with Crippen molar-refractivity contribution in [3.63, 3.8) is 0 Å². The molecular weight excluding hydrogens is 236 g/mol. The lowest BCUT2D eigenvalue weighted by atomic mass is 9.94. The van der Waals surface area contributed by atoms with Crippen molar-refractivity contribution in [2.24, 2.45) is 0 Å². The Morgan fingerprint density at radius 3 is 2.50 bits per heavy atom. The number of nitrogens with zero attached hydrogens (tertiary/aromatic N) is 1. The van der Waals surface area contributed by atoms with Crippen LogP contribution in [0.4, 0.5) is 0 Å². The number of rotatable bonds is 4. The second-order valence-electron chi connectivity index (χ2n) is 5.05. The summed E-state index contributed by atoms with van der Waals surface area (Å²) in [5.74, 6) is -1.22. The Kier molecular flexibility index (Phi) is 4.11. The van der Waals surface area contributed by atoms with Gasteiger partial charge in [0.1, 0.15) is 11.8 Å². The van der Waals surface area contributed by atoms with Crippen molar-refractivity contribution in [3.05, 3.63) is 17.8 Å². The zero-order chi connectivity index (χ0) is 13.9. The van der Waals surface area contributed by atoms with Gasteiger partial charge in [0.25, 0.3) is 5.89 Å². The average molecular weight is 254 g/mol. The van der Waals surface area contributed by atoms with Crippen molar-refractivity contribution in [2.45, 2.75) is 45.6 Å². The topological polar surface area (TPSA) is 92.4 Å². The second-order valence-corrected chi connectivity index (χ2v) is 5.05. The van der Waals surface area contributed by atoms with Gasteiger partial charge in [0.15, 0.2) is 0 Å². The minimum Gasteiger partial charge on any atom is -0.480 e. The molecular formula is C12H18N2O4. The molecule has 1 aromatic rings. The van der Waals surface area contributed by atoms with Crippen molar-refractivity contribution in [3.8, 4) is 0 Å². The fourth-order valence-electron chi connectivity index (χ4n) is 1.28. The predicted octanol–water partition coefficient (Wildman–Crippen LogP) is 1.57. The molecule has 0 aliphatic carbocycles. The smallest absolute Gasteiger partial charge is 0.326 e. The normalized spacial score (nSPS) is 13.1. The Balaban J connectivity index is 2.79. The summed E-state index contributed by atoms with van der Waals surface area (Å²) in [5.41, 5.74) is -0.248. The van der Waals surface area contributed by atoms with Crippen LogP contribution < -0.4 is 5.32 Å². The molecule has 1 aromatic heterocycles. The van der Waals surface area contributed by atoms with Gasteiger partial charge in [-0.05, 0) is 6.42 Å². The summed E-state index contributed by atoms with van der Waals surface area (Å²) in [6.45, 7) is 7.47. The Morgan fingerprint density at radius 1 is 1.50 bits per heavy atom. The molecule has 0 bridgehead atoms. The highest BCUT2D eigenvalue weighted by atomic mass is 16.4. The number of aromatic nitrogens is 1. The summed E-state index contributed by atoms with van der Waals surface area (Å²) in [7, 11) is 0. The summed E-state index contributed by atoms with van der Waals surface area (Å²) >= 11 is 0. The number of hydrogen-bond acceptors (Lipinski definition) is 4. The minimum atomic E-state index is -1.08. The quantitative estimate of drug-likeness (QED) is 0.850. The van der Waals surface area contributed by atoms with Gasteiger partial charge >= 0.3 is 11.9 Å². The molecule has 100 valence electrons. The molecule has 1 unspecified atom stereocenters. The van der Waals surface area contributed by atoms with E-state index in [0.717, 1.165) is 0 Å². The molecule has 6 nitrogen and oxygen atoms in total. The number of oxazole rings is 1. The molecule has 1 heterocycles. The molecule has 2 N–H and O–H groups in total. The highest BCUT2D eigenvalue weighted by Crippen LogP contribution is 2.22. The lowest BCUT2D eigenvalue weighted by Gasteiger charge is -2.13. The predicted molar refractivity (Wildman–Crippen MR) is 64.4 cm³/mol. The highest BCUT2D eigenvalue weighted by molar-refractivity contribution is 5.92. The van der Waals surface area contributed by atoms with E-state index in [-0.39, 0.29) is 11.3 Å². The maximum absolute atomic E-state index is 11.7. The van der Waals surface area contributed by atoms with Crippen LogP contribution >= 0.6 is 0 Å². The Labute approximate surface area is 105 Å². The summed E-state index contributed by atoms with van der Waals surface area (Å²) in [4.78, 5) is 26.4. The maximum atomic E-state index is 11.7. The van der Waals surface area contributed by atoms with Crippen molar-refractivity contribution in [1.29, 1.82) is 0 Å². The third-order valence-electron chi connectivity index (χ3n) is 2.45. The van der Waals surface area contributed by atoms with E-state index in [2.05, 4.69) is 10.3 Å². The Bertz CT molecular complexity index is 445. The summed E-state index contributed by atoms with van der Waals surface area (Å²) in [5, 5.41) is 11.2. The molecule has 1 amide bonds. The second kappa shape index (κ2) is 5.20. The van der Waals surface area contributed by atoms with Crippen LogP contribution in [0, 0.1) is 0 Å². The van der Waals surface area contributed by atoms with Crippen LogP contribution in [-0.4, -0.2) is 28.0 Å². The van der Waals surface area contributed by atoms with E-state index in [9.17, 15) is 9.59 Å². The van der Waals surface area contributed by atoms with E-state index in [1.165, 1.54) is 6.20 Å². The van der Waals surface area contributed by atoms with Crippen molar-refractivity contribution in [1.82, 2.24) is 10.3 Å². The van der Waals surface area contributed by atoms with Crippen LogP contribution in [0.15, 0.2) is 10.6 Å². The number of amides is 1. The van der Waals surface area contributed by atoms with Gasteiger partial charge in [-0.1, -0.05) is 27.7 Å². The molecule has 0 aliphatic heterocycles. The standard InChI is InChI=1S/C12H18N2O4/c1-5-7(11(16)17)14-9(15)10-13-6-8(18-10)12(2,3)4/h6-7H,5H2,1-4H3,(H,14,15)(H,16,17). The van der Waals surface area contributed by atoms with Crippen molar-refractivity contribution >= 4 is 11.9 Å². The minimum absolute atomic E-state index is 0.111. The van der Waals surface area contributed by atoms with Gasteiger partial charge < -0.3 is 14.8 Å². The van der Waals surface area contributed by atoms with E-state index < -0.39 is 17.9 Å². The first-order valence-corrected chi connectivity index (χ1v) is 5.75. The lowest BCUT2D eigenvalue weighted by molar-refractivity contribution is -0.139. The first kappa shape index (κ1) is 14.2. The summed E-state index contributed by atoms with van der Waals surface area (Å²) in [6, 6.07) is -0.928. The fourth-order valence-corrected chi connectivity index (χ4v) is 1.28. The Morgan fingerprint density at radius 2 is 2.11 bits per heavy atom. The summed E-state index contributed by atoms with van der Waals surface area (Å²) in [6.07, 6.45) is 1.78. The van der Waals surface area contributed by atoms with E-state index in [0.29, 0.717) is 12.2 Å². The molecule has 0 fully saturated rings. The van der Waals surface area contributed by atoms with Gasteiger partial charge in [-0.15, -0.1) is 0 Å². The van der Waals surface area contributed by atoms with E-state index >= 15 is 0 Å². The highest BCUT2D eigenvalue weighted by Gasteiger charge is 2.24. The van der Waals surface area contributed by atoms with Gasteiger partial charge in [0.2, 0.25) is 0 Å². The van der Waals surface area contributed by atoms with Crippen LogP contribution in [0.2, 0.25) is 0 Å². The number of hydrogen-bond donors (Lipinski definition) is 2. The zero-order valence-corrected chi connectivity index (χ0v) is 11.0. The zero-order valence-electron chi connectivity index (χ0n) is 11.0. The van der Waals surface area contributed by atoms with Gasteiger partial charge in [-0.3, -0.25) is 4.79 Å². The van der Waals surface area contributed by atoms with E-state index in [4.69, 9.17) is 9.52 Å². The molecule has 1 atom stereocenters. The van der Waals surface area contributed by atoms with Crippen LogP contribution in [-0.2, 0) is 10.2 Å². The SMILES string of the molecule is CCC(NC(=O)c1ncc(C(C)(C)C)o1)C(=O)O. The molecule has 0 saturated carbocycles. The van der Waals surface area contributed by atoms with Gasteiger partial charge in [-0.2, -0.15) is 0 Å². The molecule has 1 rings (SSSR count). The first-order chi connectivity index (χ1) is 8.25. The maximum Gasteiger partial charge on any atom is 0.326 e. The van der Waals surface area contributed by atoms with Crippen LogP contribution in [0.5, 0.6) is 0 Å². The number of aliphatic carboxylic acids is 1. The van der Waals surface area contributed by atoms with Crippen LogP contribution in [0.1, 0.15) is 50.6 Å². The Hall–Kier alpha value is -1.85. The number of carbonyl (C=O) groups is 2. The third kappa shape index (κ3) is 3.32. The molecule has 0 saturated heterocycles. The molecule has 0 aromatic carbocycles. The molecule has 0 radical (unpaired) electrons. The van der Waals surface area contributed by atoms with Crippen molar-refractivity contribution in [2.75, 3.05) is 0 Å². The first-order valence-electron chi connectivity index (χ1n) is 5.75. The monoisotopic (exact) mass is 254 g/mol. The average Bonchev–Trinajstić information content (AvgIpc) is 2.73. The lowest BCUT2D eigenvalue weighted by Crippen LogP contribution is -2.40.